The van der Waals surface area contributed by atoms with Crippen molar-refractivity contribution in [3.63, 3.8) is 0 Å². The summed E-state index contributed by atoms with van der Waals surface area (Å²) in [6, 6.07) is 5.59. The number of halogens is 1. The highest BCUT2D eigenvalue weighted by atomic mass is 35.5. The van der Waals surface area contributed by atoms with Gasteiger partial charge in [0.2, 0.25) is 11.8 Å². The highest BCUT2D eigenvalue weighted by Crippen LogP contribution is 2.13. The van der Waals surface area contributed by atoms with Gasteiger partial charge in [-0.2, -0.15) is 0 Å². The van der Waals surface area contributed by atoms with Crippen molar-refractivity contribution in [2.75, 3.05) is 23.7 Å². The lowest BCUT2D eigenvalue weighted by molar-refractivity contribution is -0.125. The van der Waals surface area contributed by atoms with E-state index in [9.17, 15) is 14.4 Å². The van der Waals surface area contributed by atoms with Crippen molar-refractivity contribution >= 4 is 41.6 Å². The summed E-state index contributed by atoms with van der Waals surface area (Å²) in [5.41, 5.74) is 6.82. The van der Waals surface area contributed by atoms with Crippen LogP contribution in [0.1, 0.15) is 13.8 Å². The molecule has 0 bridgehead atoms. The van der Waals surface area contributed by atoms with Gasteiger partial charge in [0, 0.05) is 17.9 Å². The molecule has 0 saturated heterocycles. The quantitative estimate of drug-likeness (QED) is 0.435. The Kier molecular flexibility index (Phi) is 10.7. The Bertz CT molecular complexity index is 619. The van der Waals surface area contributed by atoms with Crippen LogP contribution in [0.15, 0.2) is 36.9 Å². The fourth-order valence-electron chi connectivity index (χ4n) is 1.77. The van der Waals surface area contributed by atoms with Gasteiger partial charge in [-0.15, -0.1) is 19.0 Å². The average molecular weight is 384 g/mol. The molecule has 1 aromatic carbocycles. The highest BCUT2D eigenvalue weighted by Gasteiger charge is 2.17. The van der Waals surface area contributed by atoms with Gasteiger partial charge in [-0.1, -0.05) is 19.9 Å². The van der Waals surface area contributed by atoms with Crippen molar-refractivity contribution in [1.82, 2.24) is 10.6 Å². The van der Waals surface area contributed by atoms with Gasteiger partial charge in [-0.05, 0) is 30.2 Å². The Morgan fingerprint density at radius 3 is 2.12 bits per heavy atom. The minimum atomic E-state index is -0.648. The predicted octanol–water partition coefficient (Wildman–Crippen LogP) is 1.45. The van der Waals surface area contributed by atoms with Gasteiger partial charge in [0.25, 0.3) is 0 Å². The Labute approximate surface area is 159 Å². The average Bonchev–Trinajstić information content (AvgIpc) is 2.58. The van der Waals surface area contributed by atoms with Crippen LogP contribution >= 0.6 is 12.4 Å². The molecule has 0 aliphatic heterocycles. The zero-order valence-electron chi connectivity index (χ0n) is 14.9. The van der Waals surface area contributed by atoms with E-state index < -0.39 is 6.04 Å². The normalized spacial score (nSPS) is 10.9. The first kappa shape index (κ1) is 23.4. The number of carbonyl (C=O) groups excluding carboxylic acids is 3. The molecule has 9 heteroatoms. The summed E-state index contributed by atoms with van der Waals surface area (Å²) in [5.74, 6) is -0.740. The predicted molar refractivity (Wildman–Crippen MR) is 105 cm³/mol. The summed E-state index contributed by atoms with van der Waals surface area (Å²) in [6.07, 6.45) is 1.57. The largest absolute Gasteiger partial charge is 0.346 e. The third-order valence-electron chi connectivity index (χ3n) is 3.28. The number of rotatable bonds is 8. The molecule has 0 radical (unpaired) electrons. The van der Waals surface area contributed by atoms with Crippen LogP contribution in [0.5, 0.6) is 0 Å². The minimum Gasteiger partial charge on any atom is -0.346 e. The summed E-state index contributed by atoms with van der Waals surface area (Å²) in [7, 11) is 0. The van der Waals surface area contributed by atoms with Crippen LogP contribution in [0, 0.1) is 5.92 Å². The molecule has 0 unspecified atom stereocenters. The van der Waals surface area contributed by atoms with Gasteiger partial charge < -0.3 is 27.0 Å². The number of benzene rings is 1. The van der Waals surface area contributed by atoms with Gasteiger partial charge >= 0.3 is 6.03 Å². The Morgan fingerprint density at radius 1 is 1.08 bits per heavy atom. The summed E-state index contributed by atoms with van der Waals surface area (Å²) in [5, 5.41) is 10.4. The van der Waals surface area contributed by atoms with Crippen molar-refractivity contribution in [2.24, 2.45) is 11.7 Å². The first-order valence-corrected chi connectivity index (χ1v) is 7.92. The summed E-state index contributed by atoms with van der Waals surface area (Å²) >= 11 is 0. The monoisotopic (exact) mass is 383 g/mol. The molecule has 144 valence electrons. The molecule has 4 amide bonds. The molecule has 1 aromatic rings. The fraction of sp³-hybridized carbons (Fsp3) is 0.353. The molecular formula is C17H26ClN5O3. The maximum atomic E-state index is 11.8. The molecule has 26 heavy (non-hydrogen) atoms. The number of hydrogen-bond donors (Lipinski definition) is 5. The van der Waals surface area contributed by atoms with Gasteiger partial charge in [0.15, 0.2) is 0 Å². The van der Waals surface area contributed by atoms with Crippen molar-refractivity contribution in [1.29, 1.82) is 0 Å². The maximum Gasteiger partial charge on any atom is 0.319 e. The van der Waals surface area contributed by atoms with E-state index in [1.165, 1.54) is 0 Å². The smallest absolute Gasteiger partial charge is 0.319 e. The molecule has 0 fully saturated rings. The molecule has 0 spiro atoms. The number of hydrogen-bond acceptors (Lipinski definition) is 4. The van der Waals surface area contributed by atoms with Crippen LogP contribution in [0.3, 0.4) is 0 Å². The molecule has 1 atom stereocenters. The van der Waals surface area contributed by atoms with E-state index in [2.05, 4.69) is 27.8 Å². The van der Waals surface area contributed by atoms with Crippen LogP contribution in [0.25, 0.3) is 0 Å². The van der Waals surface area contributed by atoms with Crippen LogP contribution in [0.4, 0.5) is 16.2 Å². The third kappa shape index (κ3) is 8.50. The SMILES string of the molecule is C=CCNC(=O)Nc1ccc(NC(=O)CNC(=O)[C@@H](N)C(C)C)cc1.Cl. The molecular weight excluding hydrogens is 358 g/mol. The van der Waals surface area contributed by atoms with Gasteiger partial charge in [0.1, 0.15) is 0 Å². The Balaban J connectivity index is 0.00000625. The molecule has 0 heterocycles. The second-order valence-electron chi connectivity index (χ2n) is 5.74. The first-order valence-electron chi connectivity index (χ1n) is 7.92. The molecule has 8 nitrogen and oxygen atoms in total. The lowest BCUT2D eigenvalue weighted by Gasteiger charge is -2.15. The topological polar surface area (TPSA) is 125 Å². The standard InChI is InChI=1S/C17H25N5O3.ClH/c1-4-9-19-17(25)22-13-7-5-12(6-8-13)21-14(23)10-20-16(24)15(18)11(2)3;/h4-8,11,15H,1,9-10,18H2,2-3H3,(H,20,24)(H,21,23)(H2,19,22,25);1H/t15-;/m0./s1. The van der Waals surface area contributed by atoms with E-state index in [1.807, 2.05) is 13.8 Å². The zero-order chi connectivity index (χ0) is 18.8. The molecule has 0 aliphatic rings. The second-order valence-corrected chi connectivity index (χ2v) is 5.74. The fourth-order valence-corrected chi connectivity index (χ4v) is 1.77. The molecule has 6 N–H and O–H groups in total. The van der Waals surface area contributed by atoms with Crippen molar-refractivity contribution in [3.05, 3.63) is 36.9 Å². The van der Waals surface area contributed by atoms with Crippen LogP contribution in [-0.2, 0) is 9.59 Å². The van der Waals surface area contributed by atoms with E-state index in [-0.39, 0.29) is 42.7 Å². The van der Waals surface area contributed by atoms with E-state index in [1.54, 1.807) is 30.3 Å². The zero-order valence-corrected chi connectivity index (χ0v) is 15.7. The van der Waals surface area contributed by atoms with E-state index in [0.29, 0.717) is 17.9 Å². The minimum absolute atomic E-state index is 0. The van der Waals surface area contributed by atoms with Crippen molar-refractivity contribution in [3.8, 4) is 0 Å². The van der Waals surface area contributed by atoms with Crippen molar-refractivity contribution < 1.29 is 14.4 Å². The lowest BCUT2D eigenvalue weighted by atomic mass is 10.1. The van der Waals surface area contributed by atoms with E-state index in [0.717, 1.165) is 0 Å². The Hall–Kier alpha value is -2.58. The van der Waals surface area contributed by atoms with Gasteiger partial charge in [-0.3, -0.25) is 9.59 Å². The van der Waals surface area contributed by atoms with E-state index in [4.69, 9.17) is 5.73 Å². The Morgan fingerprint density at radius 2 is 1.62 bits per heavy atom. The molecule has 0 saturated carbocycles. The number of anilines is 2. The number of nitrogens with one attached hydrogen (secondary N) is 4. The molecule has 1 rings (SSSR count). The summed E-state index contributed by atoms with van der Waals surface area (Å²) in [4.78, 5) is 35.0. The van der Waals surface area contributed by atoms with Crippen molar-refractivity contribution in [2.45, 2.75) is 19.9 Å². The molecule has 0 aromatic heterocycles. The van der Waals surface area contributed by atoms with Crippen LogP contribution < -0.4 is 27.0 Å². The molecule has 0 aliphatic carbocycles. The third-order valence-corrected chi connectivity index (χ3v) is 3.28. The second kappa shape index (κ2) is 11.9. The number of nitrogens with two attached hydrogens (primary N) is 1. The summed E-state index contributed by atoms with van der Waals surface area (Å²) in [6.45, 7) is 7.37. The van der Waals surface area contributed by atoms with Crippen LogP contribution in [-0.4, -0.2) is 37.0 Å². The van der Waals surface area contributed by atoms with E-state index >= 15 is 0 Å². The number of amides is 4. The van der Waals surface area contributed by atoms with Gasteiger partial charge in [0.05, 0.1) is 12.6 Å². The highest BCUT2D eigenvalue weighted by molar-refractivity contribution is 5.95. The number of carbonyl (C=O) groups is 3. The van der Waals surface area contributed by atoms with Crippen LogP contribution in [0.2, 0.25) is 0 Å². The summed E-state index contributed by atoms with van der Waals surface area (Å²) < 4.78 is 0. The lowest BCUT2D eigenvalue weighted by Crippen LogP contribution is -2.46. The maximum absolute atomic E-state index is 11.8. The number of urea groups is 1. The van der Waals surface area contributed by atoms with Gasteiger partial charge in [-0.25, -0.2) is 4.79 Å². The first-order chi connectivity index (χ1) is 11.8.